The summed E-state index contributed by atoms with van der Waals surface area (Å²) in [6, 6.07) is 3.59. The molecule has 1 aromatic carbocycles. The number of carbonyl (C=O) groups is 1. The quantitative estimate of drug-likeness (QED) is 0.712. The lowest BCUT2D eigenvalue weighted by molar-refractivity contribution is -0.116. The summed E-state index contributed by atoms with van der Waals surface area (Å²) in [7, 11) is 0. The van der Waals surface area contributed by atoms with Crippen LogP contribution in [0.3, 0.4) is 0 Å². The van der Waals surface area contributed by atoms with Crippen molar-refractivity contribution in [1.29, 1.82) is 0 Å². The molecule has 1 aliphatic carbocycles. The van der Waals surface area contributed by atoms with Gasteiger partial charge < -0.3 is 0 Å². The first-order valence-corrected chi connectivity index (χ1v) is 5.24. The Morgan fingerprint density at radius 3 is 2.69 bits per heavy atom. The van der Waals surface area contributed by atoms with Crippen LogP contribution in [0.5, 0.6) is 0 Å². The lowest BCUT2D eigenvalue weighted by Crippen LogP contribution is -2.12. The van der Waals surface area contributed by atoms with Crippen molar-refractivity contribution in [3.63, 3.8) is 0 Å². The molecule has 0 aromatic heterocycles. The Hall–Kier alpha value is -1.51. The molecule has 1 aliphatic rings. The first-order chi connectivity index (χ1) is 7.58. The maximum absolute atomic E-state index is 13.5. The normalized spacial score (nSPS) is 20.8. The van der Waals surface area contributed by atoms with E-state index >= 15 is 0 Å². The highest BCUT2D eigenvalue weighted by Crippen LogP contribution is 2.31. The Kier molecular flexibility index (Phi) is 2.86. The molecule has 0 saturated carbocycles. The second kappa shape index (κ2) is 4.16. The first kappa shape index (κ1) is 11.0. The molecular weight excluding hydrogens is 210 g/mol. The van der Waals surface area contributed by atoms with E-state index in [1.165, 1.54) is 12.1 Å². The molecule has 0 N–H and O–H groups in total. The fourth-order valence-electron chi connectivity index (χ4n) is 2.01. The van der Waals surface area contributed by atoms with Gasteiger partial charge >= 0.3 is 0 Å². The van der Waals surface area contributed by atoms with Crippen LogP contribution in [0.2, 0.25) is 0 Å². The number of hydrogen-bond donors (Lipinski definition) is 0. The van der Waals surface area contributed by atoms with E-state index < -0.39 is 11.6 Å². The minimum atomic E-state index is -0.575. The number of halogens is 2. The van der Waals surface area contributed by atoms with Gasteiger partial charge in [-0.1, -0.05) is 12.1 Å². The van der Waals surface area contributed by atoms with Gasteiger partial charge in [0, 0.05) is 18.4 Å². The predicted octanol–water partition coefficient (Wildman–Crippen LogP) is 3.36. The molecule has 2 rings (SSSR count). The number of Topliss-reactive ketones (excluding diaryl/α,β-unsaturated/α-hetero) is 1. The largest absolute Gasteiger partial charge is 0.295 e. The summed E-state index contributed by atoms with van der Waals surface area (Å²) in [5, 5.41) is 0. The van der Waals surface area contributed by atoms with Crippen molar-refractivity contribution in [2.24, 2.45) is 0 Å². The fraction of sp³-hybridized carbons (Fsp3) is 0.308. The maximum Gasteiger partial charge on any atom is 0.158 e. The zero-order valence-corrected chi connectivity index (χ0v) is 8.97. The SMILES string of the molecule is CC1=C[C@@H](c2ccc(F)cc2F)CCC1=O. The lowest BCUT2D eigenvalue weighted by atomic mass is 9.85. The standard InChI is InChI=1S/C13H12F2O/c1-8-6-9(2-5-13(8)16)11-4-3-10(14)7-12(11)15/h3-4,6-7,9H,2,5H2,1H3/t9-/m0/s1. The second-order valence-corrected chi connectivity index (χ2v) is 4.08. The summed E-state index contributed by atoms with van der Waals surface area (Å²) in [6.45, 7) is 1.73. The average molecular weight is 222 g/mol. The molecule has 0 aliphatic heterocycles. The minimum Gasteiger partial charge on any atom is -0.295 e. The molecule has 0 unspecified atom stereocenters. The molecule has 0 radical (unpaired) electrons. The van der Waals surface area contributed by atoms with E-state index in [0.29, 0.717) is 24.0 Å². The summed E-state index contributed by atoms with van der Waals surface area (Å²) in [5.41, 5.74) is 1.13. The van der Waals surface area contributed by atoms with Crippen LogP contribution in [-0.2, 0) is 4.79 Å². The van der Waals surface area contributed by atoms with E-state index in [-0.39, 0.29) is 11.7 Å². The summed E-state index contributed by atoms with van der Waals surface area (Å²) in [4.78, 5) is 11.3. The molecule has 0 bridgehead atoms. The first-order valence-electron chi connectivity index (χ1n) is 5.24. The van der Waals surface area contributed by atoms with Crippen molar-refractivity contribution in [2.45, 2.75) is 25.7 Å². The smallest absolute Gasteiger partial charge is 0.158 e. The van der Waals surface area contributed by atoms with Gasteiger partial charge in [0.05, 0.1) is 0 Å². The molecular formula is C13H12F2O. The van der Waals surface area contributed by atoms with E-state index in [4.69, 9.17) is 0 Å². The average Bonchev–Trinajstić information content (AvgIpc) is 2.22. The molecule has 1 aromatic rings. The van der Waals surface area contributed by atoms with Crippen LogP contribution in [0, 0.1) is 11.6 Å². The number of ketones is 1. The zero-order valence-electron chi connectivity index (χ0n) is 8.97. The van der Waals surface area contributed by atoms with Crippen molar-refractivity contribution < 1.29 is 13.6 Å². The van der Waals surface area contributed by atoms with Crippen LogP contribution in [0.25, 0.3) is 0 Å². The molecule has 0 saturated heterocycles. The molecule has 84 valence electrons. The van der Waals surface area contributed by atoms with Crippen LogP contribution < -0.4 is 0 Å². The Labute approximate surface area is 92.8 Å². The predicted molar refractivity (Wildman–Crippen MR) is 57.1 cm³/mol. The van der Waals surface area contributed by atoms with E-state index in [1.54, 1.807) is 13.0 Å². The molecule has 1 nitrogen and oxygen atoms in total. The van der Waals surface area contributed by atoms with Crippen molar-refractivity contribution in [1.82, 2.24) is 0 Å². The van der Waals surface area contributed by atoms with Gasteiger partial charge in [0.1, 0.15) is 11.6 Å². The molecule has 16 heavy (non-hydrogen) atoms. The van der Waals surface area contributed by atoms with Crippen LogP contribution in [0.15, 0.2) is 29.8 Å². The molecule has 0 spiro atoms. The van der Waals surface area contributed by atoms with E-state index in [1.807, 2.05) is 0 Å². The van der Waals surface area contributed by atoms with Crippen LogP contribution in [0.4, 0.5) is 8.78 Å². The third-order valence-corrected chi connectivity index (χ3v) is 2.94. The van der Waals surface area contributed by atoms with Crippen LogP contribution in [0.1, 0.15) is 31.2 Å². The van der Waals surface area contributed by atoms with E-state index in [2.05, 4.69) is 0 Å². The Morgan fingerprint density at radius 1 is 1.31 bits per heavy atom. The van der Waals surface area contributed by atoms with Gasteiger partial charge in [0.25, 0.3) is 0 Å². The summed E-state index contributed by atoms with van der Waals surface area (Å²) in [5.74, 6) is -1.12. The number of allylic oxidation sites excluding steroid dienone is 2. The van der Waals surface area contributed by atoms with Gasteiger partial charge in [-0.3, -0.25) is 4.79 Å². The van der Waals surface area contributed by atoms with Gasteiger partial charge in [-0.2, -0.15) is 0 Å². The summed E-state index contributed by atoms with van der Waals surface area (Å²) in [6.07, 6.45) is 2.80. The minimum absolute atomic E-state index is 0.110. The van der Waals surface area contributed by atoms with Gasteiger partial charge in [-0.05, 0) is 30.5 Å². The van der Waals surface area contributed by atoms with Gasteiger partial charge in [-0.15, -0.1) is 0 Å². The Bertz CT molecular complexity index is 463. The third kappa shape index (κ3) is 2.03. The Morgan fingerprint density at radius 2 is 2.06 bits per heavy atom. The highest BCUT2D eigenvalue weighted by Gasteiger charge is 2.21. The van der Waals surface area contributed by atoms with Crippen molar-refractivity contribution in [3.05, 3.63) is 47.0 Å². The maximum atomic E-state index is 13.5. The van der Waals surface area contributed by atoms with Crippen molar-refractivity contribution in [2.75, 3.05) is 0 Å². The second-order valence-electron chi connectivity index (χ2n) is 4.08. The highest BCUT2D eigenvalue weighted by atomic mass is 19.1. The van der Waals surface area contributed by atoms with Crippen molar-refractivity contribution in [3.8, 4) is 0 Å². The number of hydrogen-bond acceptors (Lipinski definition) is 1. The number of benzene rings is 1. The van der Waals surface area contributed by atoms with Gasteiger partial charge in [-0.25, -0.2) is 8.78 Å². The monoisotopic (exact) mass is 222 g/mol. The summed E-state index contributed by atoms with van der Waals surface area (Å²) < 4.78 is 26.2. The van der Waals surface area contributed by atoms with Gasteiger partial charge in [0.2, 0.25) is 0 Å². The number of carbonyl (C=O) groups excluding carboxylic acids is 1. The molecule has 0 amide bonds. The molecule has 1 atom stereocenters. The fourth-order valence-corrected chi connectivity index (χ4v) is 2.01. The van der Waals surface area contributed by atoms with E-state index in [0.717, 1.165) is 6.07 Å². The molecule has 0 fully saturated rings. The van der Waals surface area contributed by atoms with Crippen molar-refractivity contribution >= 4 is 5.78 Å². The Balaban J connectivity index is 2.35. The lowest BCUT2D eigenvalue weighted by Gasteiger charge is -2.19. The van der Waals surface area contributed by atoms with E-state index in [9.17, 15) is 13.6 Å². The van der Waals surface area contributed by atoms with Crippen LogP contribution in [-0.4, -0.2) is 5.78 Å². The molecule has 3 heteroatoms. The van der Waals surface area contributed by atoms with Crippen LogP contribution >= 0.6 is 0 Å². The highest BCUT2D eigenvalue weighted by molar-refractivity contribution is 5.95. The topological polar surface area (TPSA) is 17.1 Å². The summed E-state index contributed by atoms with van der Waals surface area (Å²) >= 11 is 0. The number of rotatable bonds is 1. The molecule has 0 heterocycles. The van der Waals surface area contributed by atoms with Gasteiger partial charge in [0.15, 0.2) is 5.78 Å². The third-order valence-electron chi connectivity index (χ3n) is 2.94. The zero-order chi connectivity index (χ0) is 11.7.